The minimum atomic E-state index is -0.758. The average Bonchev–Trinajstić information content (AvgIpc) is 3.15. The van der Waals surface area contributed by atoms with Gasteiger partial charge in [-0.3, -0.25) is 0 Å². The predicted octanol–water partition coefficient (Wildman–Crippen LogP) is 3.41. The van der Waals surface area contributed by atoms with Crippen LogP contribution in [0.25, 0.3) is 0 Å². The van der Waals surface area contributed by atoms with Crippen LogP contribution in [0.5, 0.6) is 0 Å². The standard InChI is InChI=1S/C20H24O5/c1-10-5-6-20(3,4)16-12(10)8-13-14(19(22)25-17(13)16)9-23-15-7-11(2)18(21)24-15/h7,9-10,13,15,17H,5-6,8H2,1-4H3/b14-9+. The molecule has 0 aromatic rings. The van der Waals surface area contributed by atoms with Crippen LogP contribution >= 0.6 is 0 Å². The molecule has 5 nitrogen and oxygen atoms in total. The minimum Gasteiger partial charge on any atom is -0.458 e. The molecule has 1 saturated heterocycles. The lowest BCUT2D eigenvalue weighted by Crippen LogP contribution is -2.29. The van der Waals surface area contributed by atoms with E-state index in [4.69, 9.17) is 14.2 Å². The molecule has 0 radical (unpaired) electrons. The fraction of sp³-hybridized carbons (Fsp3) is 0.600. The van der Waals surface area contributed by atoms with Gasteiger partial charge in [0.1, 0.15) is 6.10 Å². The smallest absolute Gasteiger partial charge is 0.338 e. The zero-order chi connectivity index (χ0) is 17.9. The number of carbonyl (C=O) groups is 2. The summed E-state index contributed by atoms with van der Waals surface area (Å²) in [5.74, 6) is -0.153. The van der Waals surface area contributed by atoms with E-state index in [1.54, 1.807) is 13.0 Å². The maximum absolute atomic E-state index is 12.4. The van der Waals surface area contributed by atoms with Crippen molar-refractivity contribution < 1.29 is 23.8 Å². The first-order valence-electron chi connectivity index (χ1n) is 8.97. The van der Waals surface area contributed by atoms with Gasteiger partial charge in [-0.05, 0) is 43.1 Å². The fourth-order valence-electron chi connectivity index (χ4n) is 4.61. The van der Waals surface area contributed by atoms with Gasteiger partial charge in [0, 0.05) is 17.6 Å². The van der Waals surface area contributed by atoms with Crippen molar-refractivity contribution >= 4 is 11.9 Å². The third-order valence-corrected chi connectivity index (χ3v) is 6.09. The number of ether oxygens (including phenoxy) is 3. The molecular formula is C20H24O5. The number of hydrogen-bond donors (Lipinski definition) is 0. The van der Waals surface area contributed by atoms with Gasteiger partial charge in [0.05, 0.1) is 11.8 Å². The lowest BCUT2D eigenvalue weighted by Gasteiger charge is -2.37. The fourth-order valence-corrected chi connectivity index (χ4v) is 4.61. The summed E-state index contributed by atoms with van der Waals surface area (Å²) in [6.45, 7) is 8.43. The zero-order valence-electron chi connectivity index (χ0n) is 15.1. The van der Waals surface area contributed by atoms with E-state index in [-0.39, 0.29) is 29.4 Å². The molecule has 0 saturated carbocycles. The number of fused-ring (bicyclic) bond motifs is 2. The quantitative estimate of drug-likeness (QED) is 0.332. The van der Waals surface area contributed by atoms with Crippen molar-refractivity contribution in [2.24, 2.45) is 17.3 Å². The first-order valence-corrected chi connectivity index (χ1v) is 8.97. The molecule has 2 aliphatic heterocycles. The van der Waals surface area contributed by atoms with Crippen LogP contribution < -0.4 is 0 Å². The molecule has 0 N–H and O–H groups in total. The van der Waals surface area contributed by atoms with Crippen LogP contribution in [0.2, 0.25) is 0 Å². The molecule has 0 amide bonds. The van der Waals surface area contributed by atoms with E-state index in [0.717, 1.165) is 12.8 Å². The van der Waals surface area contributed by atoms with E-state index in [9.17, 15) is 9.59 Å². The number of cyclic esters (lactones) is 1. The molecule has 1 fully saturated rings. The Bertz CT molecular complexity index is 739. The molecule has 4 aliphatic rings. The number of hydrogen-bond acceptors (Lipinski definition) is 5. The summed E-state index contributed by atoms with van der Waals surface area (Å²) in [7, 11) is 0. The third-order valence-electron chi connectivity index (χ3n) is 6.09. The Hall–Kier alpha value is -2.04. The van der Waals surface area contributed by atoms with Gasteiger partial charge >= 0.3 is 11.9 Å². The summed E-state index contributed by atoms with van der Waals surface area (Å²) in [6, 6.07) is 0. The first kappa shape index (κ1) is 16.4. The molecule has 2 aliphatic carbocycles. The molecule has 25 heavy (non-hydrogen) atoms. The van der Waals surface area contributed by atoms with Gasteiger partial charge in [0.15, 0.2) is 0 Å². The Morgan fingerprint density at radius 1 is 1.24 bits per heavy atom. The van der Waals surface area contributed by atoms with Gasteiger partial charge in [-0.25, -0.2) is 9.59 Å². The summed E-state index contributed by atoms with van der Waals surface area (Å²) >= 11 is 0. The van der Waals surface area contributed by atoms with Gasteiger partial charge in [0.25, 0.3) is 6.29 Å². The van der Waals surface area contributed by atoms with E-state index < -0.39 is 6.29 Å². The average molecular weight is 344 g/mol. The van der Waals surface area contributed by atoms with Crippen molar-refractivity contribution in [3.8, 4) is 0 Å². The minimum absolute atomic E-state index is 0.0134. The van der Waals surface area contributed by atoms with Gasteiger partial charge in [-0.2, -0.15) is 0 Å². The predicted molar refractivity (Wildman–Crippen MR) is 90.0 cm³/mol. The van der Waals surface area contributed by atoms with Crippen LogP contribution in [0.3, 0.4) is 0 Å². The Labute approximate surface area is 147 Å². The van der Waals surface area contributed by atoms with E-state index in [0.29, 0.717) is 17.1 Å². The van der Waals surface area contributed by atoms with Gasteiger partial charge in [-0.15, -0.1) is 0 Å². The first-order chi connectivity index (χ1) is 11.8. The summed E-state index contributed by atoms with van der Waals surface area (Å²) in [4.78, 5) is 23.8. The van der Waals surface area contributed by atoms with Crippen molar-refractivity contribution in [3.63, 3.8) is 0 Å². The summed E-state index contributed by atoms with van der Waals surface area (Å²) in [5.41, 5.74) is 3.91. The Morgan fingerprint density at radius 2 is 2.00 bits per heavy atom. The molecule has 0 aromatic heterocycles. The number of esters is 2. The molecular weight excluding hydrogens is 320 g/mol. The second kappa shape index (κ2) is 5.48. The van der Waals surface area contributed by atoms with Crippen molar-refractivity contribution in [1.82, 2.24) is 0 Å². The van der Waals surface area contributed by atoms with Crippen LogP contribution in [0.15, 0.2) is 34.6 Å². The van der Waals surface area contributed by atoms with E-state index >= 15 is 0 Å². The van der Waals surface area contributed by atoms with Crippen LogP contribution in [0.1, 0.15) is 47.0 Å². The number of allylic oxidation sites excluding steroid dienone is 1. The molecule has 134 valence electrons. The summed E-state index contributed by atoms with van der Waals surface area (Å²) in [5, 5.41) is 0. The summed E-state index contributed by atoms with van der Waals surface area (Å²) in [6.07, 6.45) is 5.27. The van der Waals surface area contributed by atoms with Crippen molar-refractivity contribution in [3.05, 3.63) is 34.6 Å². The molecule has 4 rings (SSSR count). The van der Waals surface area contributed by atoms with Crippen molar-refractivity contribution in [2.75, 3.05) is 0 Å². The van der Waals surface area contributed by atoms with Gasteiger partial charge < -0.3 is 14.2 Å². The number of carbonyl (C=O) groups excluding carboxylic acids is 2. The monoisotopic (exact) mass is 344 g/mol. The van der Waals surface area contributed by atoms with E-state index in [2.05, 4.69) is 20.8 Å². The largest absolute Gasteiger partial charge is 0.458 e. The maximum atomic E-state index is 12.4. The Balaban J connectivity index is 1.57. The molecule has 5 heteroatoms. The molecule has 0 bridgehead atoms. The Kier molecular flexibility index (Phi) is 3.60. The second-order valence-electron chi connectivity index (χ2n) is 8.23. The zero-order valence-corrected chi connectivity index (χ0v) is 15.1. The van der Waals surface area contributed by atoms with Crippen molar-refractivity contribution in [2.45, 2.75) is 59.4 Å². The Morgan fingerprint density at radius 3 is 2.68 bits per heavy atom. The SMILES string of the molecule is CC1=CC(O/C=C2/C(=O)OC3C4=C(CC23)C(C)CCC4(C)C)OC1=O. The van der Waals surface area contributed by atoms with Crippen LogP contribution in [0.4, 0.5) is 0 Å². The lowest BCUT2D eigenvalue weighted by molar-refractivity contribution is -0.152. The van der Waals surface area contributed by atoms with Crippen molar-refractivity contribution in [1.29, 1.82) is 0 Å². The number of rotatable bonds is 2. The lowest BCUT2D eigenvalue weighted by atomic mass is 9.69. The van der Waals surface area contributed by atoms with Crippen LogP contribution in [-0.2, 0) is 23.8 Å². The molecule has 2 heterocycles. The van der Waals surface area contributed by atoms with Gasteiger partial charge in [-0.1, -0.05) is 26.3 Å². The molecule has 4 atom stereocenters. The highest BCUT2D eigenvalue weighted by atomic mass is 16.7. The highest BCUT2D eigenvalue weighted by Gasteiger charge is 2.53. The van der Waals surface area contributed by atoms with Crippen LogP contribution in [0, 0.1) is 17.3 Å². The highest BCUT2D eigenvalue weighted by molar-refractivity contribution is 5.92. The normalized spacial score (nSPS) is 37.6. The maximum Gasteiger partial charge on any atom is 0.338 e. The van der Waals surface area contributed by atoms with Gasteiger partial charge in [0.2, 0.25) is 0 Å². The summed E-state index contributed by atoms with van der Waals surface area (Å²) < 4.78 is 16.3. The topological polar surface area (TPSA) is 61.8 Å². The van der Waals surface area contributed by atoms with Crippen LogP contribution in [-0.4, -0.2) is 24.3 Å². The molecule has 0 aromatic carbocycles. The van der Waals surface area contributed by atoms with E-state index in [1.165, 1.54) is 23.8 Å². The third kappa shape index (κ3) is 2.52. The molecule has 0 spiro atoms. The highest BCUT2D eigenvalue weighted by Crippen LogP contribution is 2.56. The second-order valence-corrected chi connectivity index (χ2v) is 8.23. The van der Waals surface area contributed by atoms with E-state index in [1.807, 2.05) is 0 Å². The molecule has 4 unspecified atom stereocenters.